The Morgan fingerprint density at radius 1 is 0.652 bits per heavy atom. The highest BCUT2D eigenvalue weighted by atomic mass is 32.2. The monoisotopic (exact) mass is 334 g/mol. The van der Waals surface area contributed by atoms with Crippen LogP contribution in [0.5, 0.6) is 0 Å². The third-order valence-corrected chi connectivity index (χ3v) is 12.8. The van der Waals surface area contributed by atoms with E-state index in [0.29, 0.717) is 0 Å². The van der Waals surface area contributed by atoms with Crippen molar-refractivity contribution >= 4 is 34.4 Å². The van der Waals surface area contributed by atoms with Gasteiger partial charge in [-0.05, 0) is 15.6 Å². The second kappa shape index (κ2) is 5.91. The molecule has 0 spiro atoms. The molecule has 4 rings (SSSR count). The zero-order valence-electron chi connectivity index (χ0n) is 12.8. The molecule has 0 N–H and O–H groups in total. The van der Waals surface area contributed by atoms with Crippen molar-refractivity contribution < 1.29 is 4.21 Å². The first-order valence-corrected chi connectivity index (χ1v) is 11.3. The van der Waals surface area contributed by atoms with E-state index in [1.165, 1.54) is 15.6 Å². The maximum atomic E-state index is 12.4. The van der Waals surface area contributed by atoms with Crippen molar-refractivity contribution in [3.05, 3.63) is 91.0 Å². The summed E-state index contributed by atoms with van der Waals surface area (Å²) in [5.41, 5.74) is 0. The van der Waals surface area contributed by atoms with Crippen LogP contribution in [0.25, 0.3) is 0 Å². The molecular formula is C20H18OSSi. The summed E-state index contributed by atoms with van der Waals surface area (Å²) in [5, 5.41) is 4.06. The summed E-state index contributed by atoms with van der Waals surface area (Å²) in [6.45, 7) is 0. The fraction of sp³-hybridized carbons (Fsp3) is 0.100. The van der Waals surface area contributed by atoms with E-state index in [9.17, 15) is 4.21 Å². The lowest BCUT2D eigenvalue weighted by Crippen LogP contribution is -2.71. The van der Waals surface area contributed by atoms with Crippen LogP contribution < -0.4 is 15.6 Å². The van der Waals surface area contributed by atoms with Crippen molar-refractivity contribution in [2.24, 2.45) is 0 Å². The predicted molar refractivity (Wildman–Crippen MR) is 101 cm³/mol. The van der Waals surface area contributed by atoms with Crippen LogP contribution in [0, 0.1) is 0 Å². The van der Waals surface area contributed by atoms with Crippen LogP contribution >= 0.6 is 0 Å². The number of benzene rings is 3. The fourth-order valence-corrected chi connectivity index (χ4v) is 12.5. The average Bonchev–Trinajstić information content (AvgIpc) is 3.35. The van der Waals surface area contributed by atoms with Gasteiger partial charge >= 0.3 is 0 Å². The molecule has 114 valence electrons. The lowest BCUT2D eigenvalue weighted by Gasteiger charge is -2.32. The van der Waals surface area contributed by atoms with Crippen molar-refractivity contribution in [3.8, 4) is 0 Å². The quantitative estimate of drug-likeness (QED) is 0.404. The molecule has 0 amide bonds. The SMILES string of the molecule is O=S1C[C@H]1[Si](c1ccccc1)(c1ccccc1)c1ccccc1. The first-order valence-electron chi connectivity index (χ1n) is 7.87. The summed E-state index contributed by atoms with van der Waals surface area (Å²) in [6, 6.07) is 32.2. The summed E-state index contributed by atoms with van der Waals surface area (Å²) >= 11 is 0. The fourth-order valence-electron chi connectivity index (χ4n) is 3.59. The smallest absolute Gasteiger partial charge is 0.164 e. The summed E-state index contributed by atoms with van der Waals surface area (Å²) in [7, 11) is -2.96. The van der Waals surface area contributed by atoms with Gasteiger partial charge in [-0.15, -0.1) is 0 Å². The Balaban J connectivity index is 2.05. The minimum absolute atomic E-state index is 0.273. The van der Waals surface area contributed by atoms with Crippen molar-refractivity contribution in [1.82, 2.24) is 0 Å². The lowest BCUT2D eigenvalue weighted by molar-refractivity contribution is 0.694. The third-order valence-electron chi connectivity index (χ3n) is 4.69. The number of hydrogen-bond donors (Lipinski definition) is 0. The zero-order valence-corrected chi connectivity index (χ0v) is 14.6. The van der Waals surface area contributed by atoms with Gasteiger partial charge in [0.15, 0.2) is 8.07 Å². The summed E-state index contributed by atoms with van der Waals surface area (Å²) in [6.07, 6.45) is 0. The van der Waals surface area contributed by atoms with E-state index < -0.39 is 18.9 Å². The molecule has 1 fully saturated rings. The predicted octanol–water partition coefficient (Wildman–Crippen LogP) is 1.83. The van der Waals surface area contributed by atoms with E-state index >= 15 is 0 Å². The van der Waals surface area contributed by atoms with E-state index in [-0.39, 0.29) is 4.87 Å². The standard InChI is InChI=1S/C20H18OSSi/c21-22-16-20(22)23(17-10-4-1-5-11-17,18-12-6-2-7-13-18)19-14-8-3-9-15-19/h1-15,20H,16H2/t20-,22?/m1/s1. The first kappa shape index (κ1) is 14.6. The lowest BCUT2D eigenvalue weighted by atomic mass is 10.3. The molecule has 23 heavy (non-hydrogen) atoms. The van der Waals surface area contributed by atoms with Crippen LogP contribution in [-0.2, 0) is 10.8 Å². The molecule has 0 aliphatic carbocycles. The minimum atomic E-state index is -2.25. The first-order chi connectivity index (χ1) is 11.3. The zero-order chi connectivity index (χ0) is 15.7. The molecule has 0 saturated carbocycles. The van der Waals surface area contributed by atoms with Crippen molar-refractivity contribution in [2.45, 2.75) is 4.87 Å². The Hall–Kier alpha value is -1.97. The van der Waals surface area contributed by atoms with Crippen LogP contribution in [0.4, 0.5) is 0 Å². The topological polar surface area (TPSA) is 17.1 Å². The Kier molecular flexibility index (Phi) is 3.75. The number of hydrogen-bond acceptors (Lipinski definition) is 1. The Morgan fingerprint density at radius 3 is 1.22 bits per heavy atom. The maximum Gasteiger partial charge on any atom is 0.164 e. The van der Waals surface area contributed by atoms with Crippen molar-refractivity contribution in [1.29, 1.82) is 0 Å². The Labute approximate surface area is 140 Å². The van der Waals surface area contributed by atoms with E-state index in [1.54, 1.807) is 0 Å². The molecule has 1 heterocycles. The van der Waals surface area contributed by atoms with E-state index in [2.05, 4.69) is 91.0 Å². The van der Waals surface area contributed by atoms with E-state index in [1.807, 2.05) is 0 Å². The molecule has 0 radical (unpaired) electrons. The molecule has 1 aliphatic heterocycles. The van der Waals surface area contributed by atoms with Crippen LogP contribution in [0.15, 0.2) is 91.0 Å². The van der Waals surface area contributed by atoms with Gasteiger partial charge in [-0.1, -0.05) is 91.0 Å². The van der Waals surface area contributed by atoms with Gasteiger partial charge in [-0.3, -0.25) is 4.21 Å². The molecule has 3 heteroatoms. The Bertz CT molecular complexity index is 721. The second-order valence-corrected chi connectivity index (χ2v) is 12.1. The summed E-state index contributed by atoms with van der Waals surface area (Å²) in [4.78, 5) is 0.273. The largest absolute Gasteiger partial charge is 0.259 e. The molecule has 3 aromatic carbocycles. The normalized spacial score (nSPS) is 20.2. The average molecular weight is 335 g/mol. The summed E-state index contributed by atoms with van der Waals surface area (Å²) in [5.74, 6) is 0.824. The van der Waals surface area contributed by atoms with E-state index in [0.717, 1.165) is 5.75 Å². The molecule has 2 atom stereocenters. The molecule has 1 nitrogen and oxygen atoms in total. The summed E-state index contributed by atoms with van der Waals surface area (Å²) < 4.78 is 12.4. The molecule has 3 aromatic rings. The van der Waals surface area contributed by atoms with Gasteiger partial charge in [-0.2, -0.15) is 0 Å². The highest BCUT2D eigenvalue weighted by Crippen LogP contribution is 2.27. The van der Waals surface area contributed by atoms with Gasteiger partial charge < -0.3 is 0 Å². The highest BCUT2D eigenvalue weighted by molar-refractivity contribution is 7.96. The Morgan fingerprint density at radius 2 is 0.957 bits per heavy atom. The van der Waals surface area contributed by atoms with Crippen LogP contribution in [-0.4, -0.2) is 22.9 Å². The van der Waals surface area contributed by atoms with Crippen molar-refractivity contribution in [3.63, 3.8) is 0 Å². The maximum absolute atomic E-state index is 12.4. The van der Waals surface area contributed by atoms with Gasteiger partial charge in [0.2, 0.25) is 0 Å². The molecule has 0 bridgehead atoms. The number of rotatable bonds is 4. The van der Waals surface area contributed by atoms with Gasteiger partial charge in [0.25, 0.3) is 0 Å². The molecule has 1 aliphatic rings. The molecule has 1 unspecified atom stereocenters. The van der Waals surface area contributed by atoms with Gasteiger partial charge in [-0.25, -0.2) is 0 Å². The van der Waals surface area contributed by atoms with Crippen LogP contribution in [0.3, 0.4) is 0 Å². The highest BCUT2D eigenvalue weighted by Gasteiger charge is 2.56. The van der Waals surface area contributed by atoms with Gasteiger partial charge in [0.05, 0.1) is 4.87 Å². The van der Waals surface area contributed by atoms with Gasteiger partial charge in [0, 0.05) is 16.6 Å². The third kappa shape index (κ3) is 2.40. The minimum Gasteiger partial charge on any atom is -0.259 e. The van der Waals surface area contributed by atoms with Crippen LogP contribution in [0.2, 0.25) is 0 Å². The van der Waals surface area contributed by atoms with Crippen LogP contribution in [0.1, 0.15) is 0 Å². The second-order valence-electron chi connectivity index (χ2n) is 5.94. The van der Waals surface area contributed by atoms with E-state index in [4.69, 9.17) is 0 Å². The van der Waals surface area contributed by atoms with Gasteiger partial charge in [0.1, 0.15) is 0 Å². The molecular weight excluding hydrogens is 316 g/mol. The molecule has 1 saturated heterocycles. The van der Waals surface area contributed by atoms with Crippen molar-refractivity contribution in [2.75, 3.05) is 5.75 Å². The molecule has 0 aromatic heterocycles.